The van der Waals surface area contributed by atoms with Crippen LogP contribution in [0.4, 0.5) is 13.2 Å². The van der Waals surface area contributed by atoms with Gasteiger partial charge in [0.1, 0.15) is 5.92 Å². The highest BCUT2D eigenvalue weighted by Crippen LogP contribution is 2.39. The molecule has 3 rings (SSSR count). The van der Waals surface area contributed by atoms with Crippen molar-refractivity contribution in [2.75, 3.05) is 0 Å². The minimum atomic E-state index is -4.39. The first-order chi connectivity index (χ1) is 11.1. The molecular weight excluding hydrogens is 299 g/mol. The van der Waals surface area contributed by atoms with E-state index in [1.807, 2.05) is 30.3 Å². The van der Waals surface area contributed by atoms with Crippen LogP contribution >= 0.6 is 0 Å². The lowest BCUT2D eigenvalue weighted by molar-refractivity contribution is -0.141. The van der Waals surface area contributed by atoms with Crippen LogP contribution in [0.1, 0.15) is 17.2 Å². The summed E-state index contributed by atoms with van der Waals surface area (Å²) < 4.78 is 40.4. The standard InChI is InChI=1S/C19H14F3N/c20-19(21,22)18(17-8-4-5-13-23-17)16-11-9-15(10-12-16)14-6-2-1-3-7-14/h1-13,18H. The van der Waals surface area contributed by atoms with Crippen molar-refractivity contribution in [3.05, 3.63) is 90.3 Å². The summed E-state index contributed by atoms with van der Waals surface area (Å²) in [4.78, 5) is 3.88. The third-order valence-electron chi connectivity index (χ3n) is 3.66. The monoisotopic (exact) mass is 313 g/mol. The first-order valence-corrected chi connectivity index (χ1v) is 7.19. The maximum Gasteiger partial charge on any atom is 0.401 e. The van der Waals surface area contributed by atoms with Gasteiger partial charge in [-0.3, -0.25) is 4.98 Å². The molecule has 0 amide bonds. The van der Waals surface area contributed by atoms with Crippen molar-refractivity contribution in [3.63, 3.8) is 0 Å². The summed E-state index contributed by atoms with van der Waals surface area (Å²) in [5, 5.41) is 0. The quantitative estimate of drug-likeness (QED) is 0.627. The Kier molecular flexibility index (Phi) is 4.15. The van der Waals surface area contributed by atoms with Crippen LogP contribution in [0.3, 0.4) is 0 Å². The van der Waals surface area contributed by atoms with Gasteiger partial charge >= 0.3 is 6.18 Å². The van der Waals surface area contributed by atoms with Gasteiger partial charge in [0.25, 0.3) is 0 Å². The van der Waals surface area contributed by atoms with Gasteiger partial charge in [0.2, 0.25) is 0 Å². The Labute approximate surface area is 132 Å². The van der Waals surface area contributed by atoms with Crippen LogP contribution in [0.15, 0.2) is 79.0 Å². The van der Waals surface area contributed by atoms with Crippen LogP contribution in [0, 0.1) is 0 Å². The molecule has 1 nitrogen and oxygen atoms in total. The highest BCUT2D eigenvalue weighted by Gasteiger charge is 2.42. The molecule has 0 saturated heterocycles. The molecule has 1 unspecified atom stereocenters. The summed E-state index contributed by atoms with van der Waals surface area (Å²) in [7, 11) is 0. The molecule has 1 aromatic heterocycles. The minimum Gasteiger partial charge on any atom is -0.260 e. The van der Waals surface area contributed by atoms with E-state index in [4.69, 9.17) is 0 Å². The Balaban J connectivity index is 1.98. The minimum absolute atomic E-state index is 0.00691. The summed E-state index contributed by atoms with van der Waals surface area (Å²) in [5.74, 6) is -1.71. The van der Waals surface area contributed by atoms with Gasteiger partial charge in [0.15, 0.2) is 0 Å². The van der Waals surface area contributed by atoms with Gasteiger partial charge in [0.05, 0.1) is 5.69 Å². The molecule has 2 aromatic carbocycles. The molecule has 1 atom stereocenters. The molecule has 0 spiro atoms. The number of aromatic nitrogens is 1. The Bertz CT molecular complexity index is 750. The van der Waals surface area contributed by atoms with E-state index >= 15 is 0 Å². The first kappa shape index (κ1) is 15.3. The Morgan fingerprint density at radius 1 is 0.696 bits per heavy atom. The largest absolute Gasteiger partial charge is 0.401 e. The predicted molar refractivity (Wildman–Crippen MR) is 84.0 cm³/mol. The Morgan fingerprint density at radius 3 is 1.87 bits per heavy atom. The third-order valence-corrected chi connectivity index (χ3v) is 3.66. The maximum atomic E-state index is 13.5. The average molecular weight is 313 g/mol. The van der Waals surface area contributed by atoms with Crippen LogP contribution in [0.5, 0.6) is 0 Å². The molecule has 23 heavy (non-hydrogen) atoms. The average Bonchev–Trinajstić information content (AvgIpc) is 2.56. The highest BCUT2D eigenvalue weighted by atomic mass is 19.4. The summed E-state index contributed by atoms with van der Waals surface area (Å²) in [6, 6.07) is 20.6. The molecule has 3 aromatic rings. The molecular formula is C19H14F3N. The summed E-state index contributed by atoms with van der Waals surface area (Å²) in [6.45, 7) is 0. The fourth-order valence-electron chi connectivity index (χ4n) is 2.57. The van der Waals surface area contributed by atoms with Gasteiger partial charge in [-0.15, -0.1) is 0 Å². The fourth-order valence-corrected chi connectivity index (χ4v) is 2.57. The lowest BCUT2D eigenvalue weighted by Crippen LogP contribution is -2.22. The summed E-state index contributed by atoms with van der Waals surface area (Å²) >= 11 is 0. The van der Waals surface area contributed by atoms with E-state index in [0.29, 0.717) is 0 Å². The van der Waals surface area contributed by atoms with Gasteiger partial charge < -0.3 is 0 Å². The van der Waals surface area contributed by atoms with E-state index in [9.17, 15) is 13.2 Å². The van der Waals surface area contributed by atoms with Gasteiger partial charge in [-0.1, -0.05) is 60.7 Å². The van der Waals surface area contributed by atoms with Crippen LogP contribution in [0.25, 0.3) is 11.1 Å². The van der Waals surface area contributed by atoms with Crippen molar-refractivity contribution in [1.82, 2.24) is 4.98 Å². The van der Waals surface area contributed by atoms with Crippen molar-refractivity contribution in [2.24, 2.45) is 0 Å². The smallest absolute Gasteiger partial charge is 0.260 e. The lowest BCUT2D eigenvalue weighted by Gasteiger charge is -2.20. The van der Waals surface area contributed by atoms with Crippen molar-refractivity contribution >= 4 is 0 Å². The second-order valence-corrected chi connectivity index (χ2v) is 5.22. The van der Waals surface area contributed by atoms with E-state index in [1.54, 1.807) is 24.3 Å². The molecule has 0 saturated carbocycles. The Morgan fingerprint density at radius 2 is 1.30 bits per heavy atom. The van der Waals surface area contributed by atoms with E-state index in [-0.39, 0.29) is 11.3 Å². The van der Waals surface area contributed by atoms with E-state index in [2.05, 4.69) is 4.98 Å². The molecule has 0 bridgehead atoms. The van der Waals surface area contributed by atoms with Crippen LogP contribution in [-0.2, 0) is 0 Å². The molecule has 0 fully saturated rings. The van der Waals surface area contributed by atoms with Crippen LogP contribution in [0.2, 0.25) is 0 Å². The lowest BCUT2D eigenvalue weighted by atomic mass is 9.92. The van der Waals surface area contributed by atoms with Crippen LogP contribution in [-0.4, -0.2) is 11.2 Å². The van der Waals surface area contributed by atoms with Crippen LogP contribution < -0.4 is 0 Å². The number of alkyl halides is 3. The molecule has 0 N–H and O–H groups in total. The predicted octanol–water partition coefficient (Wildman–Crippen LogP) is 5.44. The number of hydrogen-bond acceptors (Lipinski definition) is 1. The summed E-state index contributed by atoms with van der Waals surface area (Å²) in [6.07, 6.45) is -3.00. The second-order valence-electron chi connectivity index (χ2n) is 5.22. The zero-order chi connectivity index (χ0) is 16.3. The number of halogens is 3. The fraction of sp³-hybridized carbons (Fsp3) is 0.105. The van der Waals surface area contributed by atoms with Crippen molar-refractivity contribution < 1.29 is 13.2 Å². The number of pyridine rings is 1. The normalized spacial score (nSPS) is 12.8. The zero-order valence-electron chi connectivity index (χ0n) is 12.2. The van der Waals surface area contributed by atoms with Gasteiger partial charge in [0, 0.05) is 6.20 Å². The van der Waals surface area contributed by atoms with Gasteiger partial charge in [-0.2, -0.15) is 13.2 Å². The molecule has 4 heteroatoms. The third kappa shape index (κ3) is 3.42. The number of hydrogen-bond donors (Lipinski definition) is 0. The molecule has 0 aliphatic rings. The molecule has 0 radical (unpaired) electrons. The van der Waals surface area contributed by atoms with E-state index in [0.717, 1.165) is 11.1 Å². The zero-order valence-corrected chi connectivity index (χ0v) is 12.2. The van der Waals surface area contributed by atoms with Crippen molar-refractivity contribution in [2.45, 2.75) is 12.1 Å². The number of nitrogens with zero attached hydrogens (tertiary/aromatic N) is 1. The number of rotatable bonds is 3. The topological polar surface area (TPSA) is 12.9 Å². The highest BCUT2D eigenvalue weighted by molar-refractivity contribution is 5.63. The Hall–Kier alpha value is -2.62. The number of benzene rings is 2. The second kappa shape index (κ2) is 6.24. The van der Waals surface area contributed by atoms with Crippen molar-refractivity contribution in [1.29, 1.82) is 0 Å². The molecule has 0 aliphatic carbocycles. The van der Waals surface area contributed by atoms with E-state index in [1.165, 1.54) is 24.4 Å². The SMILES string of the molecule is FC(F)(F)C(c1ccc(-c2ccccc2)cc1)c1ccccn1. The molecule has 0 aliphatic heterocycles. The maximum absolute atomic E-state index is 13.5. The first-order valence-electron chi connectivity index (χ1n) is 7.19. The summed E-state index contributed by atoms with van der Waals surface area (Å²) in [5.41, 5.74) is 2.06. The van der Waals surface area contributed by atoms with Gasteiger partial charge in [-0.05, 0) is 28.8 Å². The molecule has 116 valence electrons. The van der Waals surface area contributed by atoms with Crippen molar-refractivity contribution in [3.8, 4) is 11.1 Å². The molecule has 1 heterocycles. The van der Waals surface area contributed by atoms with Gasteiger partial charge in [-0.25, -0.2) is 0 Å². The van der Waals surface area contributed by atoms with E-state index < -0.39 is 12.1 Å².